The normalized spacial score (nSPS) is 11.4. The summed E-state index contributed by atoms with van der Waals surface area (Å²) in [6.07, 6.45) is 0. The highest BCUT2D eigenvalue weighted by atomic mass is 19.1. The maximum absolute atomic E-state index is 14.3. The lowest BCUT2D eigenvalue weighted by Gasteiger charge is -2.20. The number of methoxy groups -OCH3 is 1. The van der Waals surface area contributed by atoms with Crippen LogP contribution in [-0.2, 0) is 10.3 Å². The first-order chi connectivity index (χ1) is 10.6. The van der Waals surface area contributed by atoms with Crippen LogP contribution in [0.15, 0.2) is 24.3 Å². The van der Waals surface area contributed by atoms with Gasteiger partial charge in [-0.15, -0.1) is 0 Å². The molecule has 0 radical (unpaired) electrons. The fraction of sp³-hybridized carbons (Fsp3) is 0.250. The third-order valence-corrected chi connectivity index (χ3v) is 3.26. The molecule has 0 atom stereocenters. The van der Waals surface area contributed by atoms with Gasteiger partial charge in [0, 0.05) is 5.54 Å². The van der Waals surface area contributed by atoms with E-state index in [2.05, 4.69) is 9.72 Å². The molecule has 1 heterocycles. The van der Waals surface area contributed by atoms with Crippen LogP contribution in [0.3, 0.4) is 0 Å². The van der Waals surface area contributed by atoms with Gasteiger partial charge in [-0.3, -0.25) is 0 Å². The van der Waals surface area contributed by atoms with Gasteiger partial charge in [0.15, 0.2) is 0 Å². The Hall–Kier alpha value is -2.41. The van der Waals surface area contributed by atoms with Gasteiger partial charge in [0.05, 0.1) is 12.7 Å². The lowest BCUT2D eigenvalue weighted by Crippen LogP contribution is -2.29. The van der Waals surface area contributed by atoms with E-state index in [0.717, 1.165) is 31.4 Å². The van der Waals surface area contributed by atoms with Crippen molar-refractivity contribution in [2.75, 3.05) is 7.11 Å². The van der Waals surface area contributed by atoms with Crippen LogP contribution in [0, 0.1) is 17.5 Å². The number of carbonyl (C=O) groups excluding carboxylic acids is 1. The summed E-state index contributed by atoms with van der Waals surface area (Å²) in [4.78, 5) is 15.1. The molecule has 2 N–H and O–H groups in total. The third-order valence-electron chi connectivity index (χ3n) is 3.26. The van der Waals surface area contributed by atoms with E-state index in [1.54, 1.807) is 13.8 Å². The van der Waals surface area contributed by atoms with Gasteiger partial charge in [-0.25, -0.2) is 22.9 Å². The minimum atomic E-state index is -1.02. The highest BCUT2D eigenvalue weighted by Crippen LogP contribution is 2.30. The molecule has 2 aromatic rings. The first-order valence-corrected chi connectivity index (χ1v) is 6.68. The highest BCUT2D eigenvalue weighted by Gasteiger charge is 2.24. The molecule has 23 heavy (non-hydrogen) atoms. The number of rotatable bonds is 3. The second-order valence-corrected chi connectivity index (χ2v) is 5.56. The standard InChI is InChI=1S/C16H15F3N2O2/c1-16(2,20)8-6-10(18)13(11(19)7-8)14-9(17)4-5-12(21-14)15(22)23-3/h4-7H,20H2,1-3H3. The lowest BCUT2D eigenvalue weighted by molar-refractivity contribution is 0.0594. The number of hydrogen-bond donors (Lipinski definition) is 1. The smallest absolute Gasteiger partial charge is 0.356 e. The van der Waals surface area contributed by atoms with Crippen molar-refractivity contribution in [1.29, 1.82) is 0 Å². The van der Waals surface area contributed by atoms with E-state index in [0.29, 0.717) is 0 Å². The van der Waals surface area contributed by atoms with Crippen LogP contribution in [0.25, 0.3) is 11.3 Å². The molecule has 0 spiro atoms. The Labute approximate surface area is 131 Å². The quantitative estimate of drug-likeness (QED) is 0.881. The first kappa shape index (κ1) is 17.0. The van der Waals surface area contributed by atoms with Crippen LogP contribution in [0.4, 0.5) is 13.2 Å². The monoisotopic (exact) mass is 324 g/mol. The van der Waals surface area contributed by atoms with E-state index >= 15 is 0 Å². The van der Waals surface area contributed by atoms with E-state index in [1.165, 1.54) is 0 Å². The highest BCUT2D eigenvalue weighted by molar-refractivity contribution is 5.87. The number of hydrogen-bond acceptors (Lipinski definition) is 4. The second kappa shape index (κ2) is 6.00. The van der Waals surface area contributed by atoms with E-state index in [1.807, 2.05) is 0 Å². The fourth-order valence-electron chi connectivity index (χ4n) is 2.01. The minimum Gasteiger partial charge on any atom is -0.464 e. The van der Waals surface area contributed by atoms with Crippen LogP contribution < -0.4 is 5.73 Å². The zero-order valence-electron chi connectivity index (χ0n) is 12.8. The van der Waals surface area contributed by atoms with Crippen molar-refractivity contribution in [2.24, 2.45) is 5.73 Å². The van der Waals surface area contributed by atoms with Gasteiger partial charge in [-0.1, -0.05) is 0 Å². The van der Waals surface area contributed by atoms with Crippen molar-refractivity contribution < 1.29 is 22.7 Å². The summed E-state index contributed by atoms with van der Waals surface area (Å²) in [5.41, 5.74) is 3.52. The van der Waals surface area contributed by atoms with Gasteiger partial charge < -0.3 is 10.5 Å². The largest absolute Gasteiger partial charge is 0.464 e. The second-order valence-electron chi connectivity index (χ2n) is 5.56. The number of benzene rings is 1. The Morgan fingerprint density at radius 2 is 1.70 bits per heavy atom. The van der Waals surface area contributed by atoms with Gasteiger partial charge in [-0.05, 0) is 43.7 Å². The maximum Gasteiger partial charge on any atom is 0.356 e. The van der Waals surface area contributed by atoms with Gasteiger partial charge >= 0.3 is 5.97 Å². The molecule has 0 saturated carbocycles. The van der Waals surface area contributed by atoms with Gasteiger partial charge in [0.1, 0.15) is 28.8 Å². The summed E-state index contributed by atoms with van der Waals surface area (Å²) in [5.74, 6) is -3.85. The fourth-order valence-corrected chi connectivity index (χ4v) is 2.01. The first-order valence-electron chi connectivity index (χ1n) is 6.68. The molecular formula is C16H15F3N2O2. The van der Waals surface area contributed by atoms with Crippen LogP contribution >= 0.6 is 0 Å². The van der Waals surface area contributed by atoms with E-state index in [4.69, 9.17) is 5.73 Å². The van der Waals surface area contributed by atoms with Crippen molar-refractivity contribution in [1.82, 2.24) is 4.98 Å². The molecule has 0 unspecified atom stereocenters. The molecule has 1 aromatic heterocycles. The average Bonchev–Trinajstić information content (AvgIpc) is 2.46. The number of aromatic nitrogens is 1. The Kier molecular flexibility index (Phi) is 4.42. The van der Waals surface area contributed by atoms with Crippen molar-refractivity contribution in [3.8, 4) is 11.3 Å². The molecule has 7 heteroatoms. The molecule has 0 aliphatic carbocycles. The van der Waals surface area contributed by atoms with Crippen LogP contribution in [0.5, 0.6) is 0 Å². The van der Waals surface area contributed by atoms with Crippen molar-refractivity contribution in [3.63, 3.8) is 0 Å². The predicted octanol–water partition coefficient (Wildman–Crippen LogP) is 3.15. The number of pyridine rings is 1. The molecule has 0 bridgehead atoms. The molecule has 0 aliphatic heterocycles. The molecule has 122 valence electrons. The van der Waals surface area contributed by atoms with Gasteiger partial charge in [0.2, 0.25) is 0 Å². The SMILES string of the molecule is COC(=O)c1ccc(F)c(-c2c(F)cc(C(C)(C)N)cc2F)n1. The minimum absolute atomic E-state index is 0.209. The van der Waals surface area contributed by atoms with Crippen LogP contribution in [0.1, 0.15) is 29.9 Å². The van der Waals surface area contributed by atoms with Crippen LogP contribution in [0.2, 0.25) is 0 Å². The van der Waals surface area contributed by atoms with E-state index < -0.39 is 40.2 Å². The molecule has 2 rings (SSSR count). The summed E-state index contributed by atoms with van der Waals surface area (Å²) < 4.78 is 47.0. The van der Waals surface area contributed by atoms with E-state index in [9.17, 15) is 18.0 Å². The number of halogens is 3. The molecule has 0 saturated heterocycles. The Bertz CT molecular complexity index is 747. The molecule has 4 nitrogen and oxygen atoms in total. The Morgan fingerprint density at radius 1 is 1.13 bits per heavy atom. The molecule has 1 aromatic carbocycles. The average molecular weight is 324 g/mol. The van der Waals surface area contributed by atoms with Gasteiger partial charge in [0.25, 0.3) is 0 Å². The van der Waals surface area contributed by atoms with Gasteiger partial charge in [-0.2, -0.15) is 0 Å². The number of nitrogens with two attached hydrogens (primary N) is 1. The number of nitrogens with zero attached hydrogens (tertiary/aromatic N) is 1. The van der Waals surface area contributed by atoms with Crippen LogP contribution in [-0.4, -0.2) is 18.1 Å². The summed E-state index contributed by atoms with van der Waals surface area (Å²) in [6, 6.07) is 4.00. The van der Waals surface area contributed by atoms with E-state index in [-0.39, 0.29) is 11.3 Å². The van der Waals surface area contributed by atoms with Crippen molar-refractivity contribution in [2.45, 2.75) is 19.4 Å². The Morgan fingerprint density at radius 3 is 2.17 bits per heavy atom. The molecule has 0 aliphatic rings. The Balaban J connectivity index is 2.65. The zero-order valence-corrected chi connectivity index (χ0v) is 12.8. The number of carbonyl (C=O) groups is 1. The van der Waals surface area contributed by atoms with Crippen molar-refractivity contribution >= 4 is 5.97 Å². The molecular weight excluding hydrogens is 309 g/mol. The summed E-state index contributed by atoms with van der Waals surface area (Å²) in [5, 5.41) is 0. The topological polar surface area (TPSA) is 65.2 Å². The zero-order chi connectivity index (χ0) is 17.4. The van der Waals surface area contributed by atoms with Crippen molar-refractivity contribution in [3.05, 3.63) is 53.0 Å². The lowest BCUT2D eigenvalue weighted by atomic mass is 9.93. The number of esters is 1. The number of ether oxygens (including phenoxy) is 1. The maximum atomic E-state index is 14.3. The summed E-state index contributed by atoms with van der Waals surface area (Å²) in [7, 11) is 1.12. The third kappa shape index (κ3) is 3.34. The molecule has 0 amide bonds. The summed E-state index contributed by atoms with van der Waals surface area (Å²) >= 11 is 0. The molecule has 0 fully saturated rings. The summed E-state index contributed by atoms with van der Waals surface area (Å²) in [6.45, 7) is 3.16. The predicted molar refractivity (Wildman–Crippen MR) is 78.1 cm³/mol.